The normalized spacial score (nSPS) is 21.9. The van der Waals surface area contributed by atoms with Gasteiger partial charge < -0.3 is 10.2 Å². The Kier molecular flexibility index (Phi) is 2.74. The summed E-state index contributed by atoms with van der Waals surface area (Å²) in [5.41, 5.74) is 1.17. The molecule has 4 nitrogen and oxygen atoms in total. The van der Waals surface area contributed by atoms with E-state index in [0.717, 1.165) is 32.0 Å². The van der Waals surface area contributed by atoms with Crippen LogP contribution in [0.15, 0.2) is 12.4 Å². The molecule has 3 rings (SSSR count). The average Bonchev–Trinajstić information content (AvgIpc) is 2.29. The third-order valence-electron chi connectivity index (χ3n) is 3.61. The molecular weight excluding hydrogens is 200 g/mol. The van der Waals surface area contributed by atoms with Gasteiger partial charge in [0.25, 0.3) is 0 Å². The maximum Gasteiger partial charge on any atom is 0.131 e. The highest BCUT2D eigenvalue weighted by molar-refractivity contribution is 5.42. The van der Waals surface area contributed by atoms with Gasteiger partial charge in [-0.15, -0.1) is 0 Å². The maximum absolute atomic E-state index is 4.50. The molecular formula is C12H18N4. The lowest BCUT2D eigenvalue weighted by molar-refractivity contribution is 0.401. The molecule has 0 unspecified atom stereocenters. The fraction of sp³-hybridized carbons (Fsp3) is 0.667. The Bertz CT molecular complexity index is 339. The predicted molar refractivity (Wildman–Crippen MR) is 63.7 cm³/mol. The van der Waals surface area contributed by atoms with Gasteiger partial charge in [0.05, 0.1) is 18.1 Å². The first-order chi connectivity index (χ1) is 7.93. The van der Waals surface area contributed by atoms with Crippen molar-refractivity contribution in [1.82, 2.24) is 15.3 Å². The Balaban J connectivity index is 1.70. The van der Waals surface area contributed by atoms with Crippen LogP contribution in [0.5, 0.6) is 0 Å². The van der Waals surface area contributed by atoms with E-state index in [0.29, 0.717) is 5.92 Å². The van der Waals surface area contributed by atoms with Gasteiger partial charge in [-0.2, -0.15) is 0 Å². The molecule has 1 aliphatic carbocycles. The molecule has 16 heavy (non-hydrogen) atoms. The molecule has 1 aliphatic heterocycles. The van der Waals surface area contributed by atoms with Crippen molar-refractivity contribution >= 4 is 5.69 Å². The fourth-order valence-corrected chi connectivity index (χ4v) is 2.29. The molecule has 1 saturated carbocycles. The Morgan fingerprint density at radius 2 is 1.81 bits per heavy atom. The van der Waals surface area contributed by atoms with Crippen LogP contribution in [-0.4, -0.2) is 36.1 Å². The quantitative estimate of drug-likeness (QED) is 0.808. The summed E-state index contributed by atoms with van der Waals surface area (Å²) in [6, 6.07) is 0. The predicted octanol–water partition coefficient (Wildman–Crippen LogP) is 1.15. The number of piperazine rings is 1. The molecule has 1 N–H and O–H groups in total. The summed E-state index contributed by atoms with van der Waals surface area (Å²) >= 11 is 0. The lowest BCUT2D eigenvalue weighted by atomic mass is 9.85. The minimum absolute atomic E-state index is 0.636. The minimum Gasteiger partial charge on any atom is -0.366 e. The lowest BCUT2D eigenvalue weighted by Crippen LogP contribution is -2.43. The first-order valence-electron chi connectivity index (χ1n) is 6.21. The Morgan fingerprint density at radius 1 is 1.12 bits per heavy atom. The van der Waals surface area contributed by atoms with Gasteiger partial charge in [0.1, 0.15) is 5.82 Å². The zero-order valence-corrected chi connectivity index (χ0v) is 9.52. The van der Waals surface area contributed by atoms with Crippen LogP contribution in [0.3, 0.4) is 0 Å². The molecule has 4 heteroatoms. The molecule has 0 radical (unpaired) electrons. The lowest BCUT2D eigenvalue weighted by Gasteiger charge is -2.29. The van der Waals surface area contributed by atoms with Gasteiger partial charge in [0, 0.05) is 32.1 Å². The molecule has 0 amide bonds. The topological polar surface area (TPSA) is 41.1 Å². The third-order valence-corrected chi connectivity index (χ3v) is 3.61. The van der Waals surface area contributed by atoms with Gasteiger partial charge in [-0.25, -0.2) is 9.97 Å². The second-order valence-electron chi connectivity index (χ2n) is 4.66. The van der Waals surface area contributed by atoms with Crippen LogP contribution in [0.2, 0.25) is 0 Å². The Hall–Kier alpha value is -1.16. The van der Waals surface area contributed by atoms with Crippen molar-refractivity contribution in [2.24, 2.45) is 0 Å². The van der Waals surface area contributed by atoms with Gasteiger partial charge >= 0.3 is 0 Å². The van der Waals surface area contributed by atoms with Gasteiger partial charge in [0.2, 0.25) is 0 Å². The van der Waals surface area contributed by atoms with Crippen molar-refractivity contribution < 1.29 is 0 Å². The number of hydrogen-bond donors (Lipinski definition) is 1. The van der Waals surface area contributed by atoms with E-state index in [4.69, 9.17) is 0 Å². The number of hydrogen-bond acceptors (Lipinski definition) is 4. The molecule has 1 saturated heterocycles. The smallest absolute Gasteiger partial charge is 0.131 e. The van der Waals surface area contributed by atoms with E-state index < -0.39 is 0 Å². The van der Waals surface area contributed by atoms with Crippen molar-refractivity contribution in [3.05, 3.63) is 18.2 Å². The summed E-state index contributed by atoms with van der Waals surface area (Å²) in [7, 11) is 0. The molecule has 2 aliphatic rings. The number of rotatable bonds is 2. The van der Waals surface area contributed by atoms with Gasteiger partial charge in [0.15, 0.2) is 0 Å². The molecule has 2 heterocycles. The number of nitrogens with one attached hydrogen (secondary N) is 1. The Morgan fingerprint density at radius 3 is 2.38 bits per heavy atom. The number of nitrogens with zero attached hydrogens (tertiary/aromatic N) is 3. The molecule has 0 aromatic carbocycles. The summed E-state index contributed by atoms with van der Waals surface area (Å²) in [6.07, 6.45) is 7.87. The first kappa shape index (κ1) is 10.0. The summed E-state index contributed by atoms with van der Waals surface area (Å²) < 4.78 is 0. The molecule has 0 bridgehead atoms. The zero-order chi connectivity index (χ0) is 10.8. The summed E-state index contributed by atoms with van der Waals surface area (Å²) in [6.45, 7) is 4.24. The van der Waals surface area contributed by atoms with Crippen molar-refractivity contribution in [2.75, 3.05) is 31.1 Å². The second-order valence-corrected chi connectivity index (χ2v) is 4.66. The van der Waals surface area contributed by atoms with Gasteiger partial charge in [-0.05, 0) is 12.8 Å². The van der Waals surface area contributed by atoms with E-state index >= 15 is 0 Å². The van der Waals surface area contributed by atoms with E-state index in [1.807, 2.05) is 12.4 Å². The highest BCUT2D eigenvalue weighted by Crippen LogP contribution is 2.34. The van der Waals surface area contributed by atoms with E-state index in [2.05, 4.69) is 20.2 Å². The van der Waals surface area contributed by atoms with Crippen molar-refractivity contribution in [3.63, 3.8) is 0 Å². The standard InChI is InChI=1S/C12H18N4/c1-2-10(3-1)12-14-8-11(9-15-12)16-6-4-13-5-7-16/h8-10,13H,1-7H2. The molecule has 2 fully saturated rings. The fourth-order valence-electron chi connectivity index (χ4n) is 2.29. The molecule has 0 atom stereocenters. The summed E-state index contributed by atoms with van der Waals surface area (Å²) in [5, 5.41) is 3.35. The van der Waals surface area contributed by atoms with Crippen molar-refractivity contribution in [2.45, 2.75) is 25.2 Å². The second kappa shape index (κ2) is 4.37. The largest absolute Gasteiger partial charge is 0.366 e. The van der Waals surface area contributed by atoms with E-state index in [9.17, 15) is 0 Å². The molecule has 1 aromatic heterocycles. The van der Waals surface area contributed by atoms with Crippen molar-refractivity contribution in [1.29, 1.82) is 0 Å². The van der Waals surface area contributed by atoms with Crippen LogP contribution in [-0.2, 0) is 0 Å². The highest BCUT2D eigenvalue weighted by atomic mass is 15.2. The zero-order valence-electron chi connectivity index (χ0n) is 9.52. The molecule has 86 valence electrons. The van der Waals surface area contributed by atoms with Gasteiger partial charge in [-0.1, -0.05) is 6.42 Å². The van der Waals surface area contributed by atoms with E-state index in [1.165, 1.54) is 24.9 Å². The minimum atomic E-state index is 0.636. The Labute approximate surface area is 96.1 Å². The molecule has 1 aromatic rings. The third kappa shape index (κ3) is 1.89. The van der Waals surface area contributed by atoms with E-state index in [1.54, 1.807) is 0 Å². The average molecular weight is 218 g/mol. The maximum atomic E-state index is 4.50. The van der Waals surface area contributed by atoms with E-state index in [-0.39, 0.29) is 0 Å². The number of aromatic nitrogens is 2. The van der Waals surface area contributed by atoms with Crippen LogP contribution < -0.4 is 10.2 Å². The highest BCUT2D eigenvalue weighted by Gasteiger charge is 2.22. The first-order valence-corrected chi connectivity index (χ1v) is 6.21. The van der Waals surface area contributed by atoms with Gasteiger partial charge in [-0.3, -0.25) is 0 Å². The van der Waals surface area contributed by atoms with Crippen molar-refractivity contribution in [3.8, 4) is 0 Å². The monoisotopic (exact) mass is 218 g/mol. The van der Waals surface area contributed by atoms with Crippen LogP contribution in [0.1, 0.15) is 31.0 Å². The van der Waals surface area contributed by atoms with Crippen LogP contribution >= 0.6 is 0 Å². The summed E-state index contributed by atoms with van der Waals surface area (Å²) in [5.74, 6) is 1.68. The van der Waals surface area contributed by atoms with Crippen LogP contribution in [0.4, 0.5) is 5.69 Å². The molecule has 0 spiro atoms. The number of anilines is 1. The van der Waals surface area contributed by atoms with Crippen LogP contribution in [0, 0.1) is 0 Å². The summed E-state index contributed by atoms with van der Waals surface area (Å²) in [4.78, 5) is 11.4. The van der Waals surface area contributed by atoms with Crippen LogP contribution in [0.25, 0.3) is 0 Å². The SMILES string of the molecule is c1nc(C2CCC2)ncc1N1CCNCC1.